The fourth-order valence-corrected chi connectivity index (χ4v) is 5.73. The second kappa shape index (κ2) is 12.5. The van der Waals surface area contributed by atoms with E-state index in [4.69, 9.17) is 23.7 Å². The number of halogens is 1. The molecule has 2 aliphatic heterocycles. The van der Waals surface area contributed by atoms with Crippen molar-refractivity contribution in [1.82, 2.24) is 20.2 Å². The second-order valence-corrected chi connectivity index (χ2v) is 12.0. The fraction of sp³-hybridized carbons (Fsp3) is 0.438. The van der Waals surface area contributed by atoms with Crippen LogP contribution in [0.3, 0.4) is 0 Å². The van der Waals surface area contributed by atoms with Crippen LogP contribution in [0.2, 0.25) is 0 Å². The highest BCUT2D eigenvalue weighted by Crippen LogP contribution is 2.42. The third kappa shape index (κ3) is 6.16. The second-order valence-electron chi connectivity index (χ2n) is 12.0. The molecule has 4 heterocycles. The van der Waals surface area contributed by atoms with Crippen LogP contribution >= 0.6 is 0 Å². The van der Waals surface area contributed by atoms with E-state index in [-0.39, 0.29) is 67.2 Å². The molecule has 2 amide bonds. The first-order valence-corrected chi connectivity index (χ1v) is 14.9. The van der Waals surface area contributed by atoms with Crippen LogP contribution in [0.1, 0.15) is 56.4 Å². The molecule has 0 aliphatic carbocycles. The average molecular weight is 655 g/mol. The highest BCUT2D eigenvalue weighted by molar-refractivity contribution is 5.93. The van der Waals surface area contributed by atoms with Gasteiger partial charge in [0, 0.05) is 35.7 Å². The molecule has 0 bridgehead atoms. The van der Waals surface area contributed by atoms with Gasteiger partial charge in [0.05, 0.1) is 49.7 Å². The zero-order valence-electron chi connectivity index (χ0n) is 26.8. The quantitative estimate of drug-likeness (QED) is 0.162. The Hall–Kier alpha value is -5.21. The zero-order chi connectivity index (χ0) is 34.3. The van der Waals surface area contributed by atoms with Gasteiger partial charge in [0.2, 0.25) is 5.60 Å². The van der Waals surface area contributed by atoms with Crippen molar-refractivity contribution in [2.45, 2.75) is 64.9 Å². The number of nitrogens with one attached hydrogen (secondary N) is 2. The van der Waals surface area contributed by atoms with Gasteiger partial charge >= 0.3 is 24.1 Å². The molecule has 0 radical (unpaired) electrons. The number of hydrogen-bond donors (Lipinski definition) is 2. The summed E-state index contributed by atoms with van der Waals surface area (Å²) >= 11 is 0. The number of nitrogens with zero attached hydrogens (tertiary/aromatic N) is 2. The summed E-state index contributed by atoms with van der Waals surface area (Å²) in [4.78, 5) is 69.3. The maximum Gasteiger partial charge on any atom is 0.408 e. The Morgan fingerprint density at radius 3 is 2.40 bits per heavy atom. The largest absolute Gasteiger partial charge is 0.494 e. The number of esters is 2. The number of pyridine rings is 2. The molecule has 14 nitrogen and oxygen atoms in total. The van der Waals surface area contributed by atoms with Gasteiger partial charge in [0.25, 0.3) is 5.56 Å². The minimum absolute atomic E-state index is 0.00974. The first kappa shape index (κ1) is 33.2. The van der Waals surface area contributed by atoms with Crippen LogP contribution in [0.15, 0.2) is 23.0 Å². The average Bonchev–Trinajstić information content (AvgIpc) is 3.38. The van der Waals surface area contributed by atoms with Crippen LogP contribution in [0.5, 0.6) is 5.75 Å². The number of benzene rings is 1. The number of carbonyl (C=O) groups is 4. The summed E-state index contributed by atoms with van der Waals surface area (Å²) in [5.41, 5.74) is -1.18. The summed E-state index contributed by atoms with van der Waals surface area (Å²) in [7, 11) is 2.56. The number of fused-ring (bicyclic) bond motifs is 5. The third-order valence-corrected chi connectivity index (χ3v) is 7.93. The van der Waals surface area contributed by atoms with Crippen LogP contribution in [0.25, 0.3) is 22.3 Å². The highest BCUT2D eigenvalue weighted by Gasteiger charge is 2.50. The summed E-state index contributed by atoms with van der Waals surface area (Å²) in [5, 5.41) is 5.43. The van der Waals surface area contributed by atoms with Crippen molar-refractivity contribution in [2.24, 2.45) is 0 Å². The zero-order valence-corrected chi connectivity index (χ0v) is 26.8. The number of ether oxygens (including phenoxy) is 5. The molecule has 2 N–H and O–H groups in total. The number of carbonyl (C=O) groups excluding carboxylic acids is 4. The van der Waals surface area contributed by atoms with Crippen molar-refractivity contribution in [3.8, 4) is 17.1 Å². The fourth-order valence-electron chi connectivity index (χ4n) is 5.73. The minimum atomic E-state index is -1.99. The first-order valence-electron chi connectivity index (χ1n) is 14.9. The molecule has 0 unspecified atom stereocenters. The summed E-state index contributed by atoms with van der Waals surface area (Å²) in [5.74, 6) is -2.15. The van der Waals surface area contributed by atoms with Gasteiger partial charge in [-0.2, -0.15) is 0 Å². The molecule has 0 saturated carbocycles. The van der Waals surface area contributed by atoms with Crippen LogP contribution < -0.4 is 20.9 Å². The third-order valence-electron chi connectivity index (χ3n) is 7.93. The van der Waals surface area contributed by atoms with Gasteiger partial charge in [-0.25, -0.2) is 23.8 Å². The standard InChI is InChI=1S/C32H35FN4O10/c1-7-32(47-30(42)35-9-8-34-29(41)46-31(2,3)4)20-12-23-26-18(14-37(23)27(39)19(20)15-45-28(32)40)16(11-25(38)44-6)17-10-24(43-5)21(33)13-22(17)36-26/h10,12-13H,7-9,11,14-15H2,1-6H3,(H,34,41)(H,35,42)/t32-/m0/s1. The molecular formula is C32H35FN4O10. The van der Waals surface area contributed by atoms with E-state index < -0.39 is 46.7 Å². The molecule has 0 saturated heterocycles. The lowest BCUT2D eigenvalue weighted by molar-refractivity contribution is -0.172. The molecule has 1 aromatic carbocycles. The maximum atomic E-state index is 14.8. The Morgan fingerprint density at radius 1 is 1.06 bits per heavy atom. The van der Waals surface area contributed by atoms with Crippen molar-refractivity contribution < 1.29 is 47.3 Å². The Bertz CT molecular complexity index is 1870. The van der Waals surface area contributed by atoms with E-state index in [0.29, 0.717) is 22.2 Å². The van der Waals surface area contributed by atoms with Crippen molar-refractivity contribution in [3.63, 3.8) is 0 Å². The van der Waals surface area contributed by atoms with Crippen molar-refractivity contribution in [1.29, 1.82) is 0 Å². The number of methoxy groups -OCH3 is 2. The molecule has 250 valence electrons. The van der Waals surface area contributed by atoms with Crippen LogP contribution in [0, 0.1) is 5.82 Å². The van der Waals surface area contributed by atoms with E-state index in [1.807, 2.05) is 0 Å². The molecule has 2 aliphatic rings. The Labute approximate surface area is 268 Å². The lowest BCUT2D eigenvalue weighted by Crippen LogP contribution is -2.49. The van der Waals surface area contributed by atoms with E-state index in [1.54, 1.807) is 33.8 Å². The lowest BCUT2D eigenvalue weighted by Gasteiger charge is -2.35. The van der Waals surface area contributed by atoms with Crippen molar-refractivity contribution in [3.05, 3.63) is 56.6 Å². The van der Waals surface area contributed by atoms with E-state index in [9.17, 15) is 28.4 Å². The SMILES string of the molecule is CC[C@@]1(OC(=O)NCCNC(=O)OC(C)(C)C)C(=O)OCc2c1cc1n(c2=O)Cc2c-1nc1cc(F)c(OC)cc1c2CC(=O)OC. The van der Waals surface area contributed by atoms with Gasteiger partial charge in [-0.3, -0.25) is 9.59 Å². The number of rotatable bonds is 8. The number of aromatic nitrogens is 2. The van der Waals surface area contributed by atoms with E-state index in [2.05, 4.69) is 15.6 Å². The van der Waals surface area contributed by atoms with E-state index in [0.717, 1.165) is 0 Å². The Kier molecular flexibility index (Phi) is 8.84. The van der Waals surface area contributed by atoms with Gasteiger partial charge in [-0.1, -0.05) is 6.92 Å². The number of hydrogen-bond acceptors (Lipinski definition) is 11. The molecule has 15 heteroatoms. The van der Waals surface area contributed by atoms with Crippen LogP contribution in [-0.2, 0) is 53.7 Å². The monoisotopic (exact) mass is 654 g/mol. The Balaban J connectivity index is 1.53. The number of amides is 2. The Morgan fingerprint density at radius 2 is 1.77 bits per heavy atom. The molecule has 0 fully saturated rings. The summed E-state index contributed by atoms with van der Waals surface area (Å²) in [6, 6.07) is 4.16. The predicted molar refractivity (Wildman–Crippen MR) is 163 cm³/mol. The van der Waals surface area contributed by atoms with Crippen molar-refractivity contribution >= 4 is 35.0 Å². The normalized spacial score (nSPS) is 16.4. The molecule has 47 heavy (non-hydrogen) atoms. The van der Waals surface area contributed by atoms with E-state index >= 15 is 0 Å². The van der Waals surface area contributed by atoms with Gasteiger partial charge in [0.1, 0.15) is 12.2 Å². The van der Waals surface area contributed by atoms with E-state index in [1.165, 1.54) is 30.9 Å². The first-order chi connectivity index (χ1) is 22.2. The molecule has 0 spiro atoms. The van der Waals surface area contributed by atoms with Crippen LogP contribution in [-0.4, -0.2) is 66.6 Å². The highest BCUT2D eigenvalue weighted by atomic mass is 19.1. The van der Waals surface area contributed by atoms with Gasteiger partial charge < -0.3 is 38.9 Å². The summed E-state index contributed by atoms with van der Waals surface area (Å²) in [6.45, 7) is 6.35. The van der Waals surface area contributed by atoms with Crippen molar-refractivity contribution in [2.75, 3.05) is 27.3 Å². The molecule has 2 aromatic heterocycles. The topological polar surface area (TPSA) is 173 Å². The summed E-state index contributed by atoms with van der Waals surface area (Å²) in [6.07, 6.45) is -1.93. The van der Waals surface area contributed by atoms with Gasteiger partial charge in [-0.05, 0) is 44.9 Å². The number of alkyl carbamates (subject to hydrolysis) is 2. The number of cyclic esters (lactones) is 1. The molecular weight excluding hydrogens is 619 g/mol. The maximum absolute atomic E-state index is 14.8. The lowest BCUT2D eigenvalue weighted by atomic mass is 9.85. The van der Waals surface area contributed by atoms with Gasteiger partial charge in [0.15, 0.2) is 11.6 Å². The molecule has 1 atom stereocenters. The summed E-state index contributed by atoms with van der Waals surface area (Å²) < 4.78 is 42.5. The molecule has 3 aromatic rings. The molecule has 5 rings (SSSR count). The smallest absolute Gasteiger partial charge is 0.408 e. The van der Waals surface area contributed by atoms with Crippen LogP contribution in [0.4, 0.5) is 14.0 Å². The van der Waals surface area contributed by atoms with Gasteiger partial charge in [-0.15, -0.1) is 0 Å². The minimum Gasteiger partial charge on any atom is -0.494 e. The predicted octanol–water partition coefficient (Wildman–Crippen LogP) is 3.20.